The van der Waals surface area contributed by atoms with Gasteiger partial charge in [0.1, 0.15) is 0 Å². The van der Waals surface area contributed by atoms with Gasteiger partial charge in [0.05, 0.1) is 19.6 Å². The van der Waals surface area contributed by atoms with Gasteiger partial charge in [-0.25, -0.2) is 0 Å². The molecule has 0 aromatic heterocycles. The lowest BCUT2D eigenvalue weighted by atomic mass is 9.81. The van der Waals surface area contributed by atoms with Gasteiger partial charge in [0.25, 0.3) is 0 Å². The van der Waals surface area contributed by atoms with Gasteiger partial charge in [-0.3, -0.25) is 19.2 Å². The first-order chi connectivity index (χ1) is 10.5. The summed E-state index contributed by atoms with van der Waals surface area (Å²) in [6, 6.07) is 0. The summed E-state index contributed by atoms with van der Waals surface area (Å²) in [4.78, 5) is 47.9. The zero-order valence-corrected chi connectivity index (χ0v) is 12.2. The standard InChI is InChI=1S/C14H20O8/c15-5-1-7-21-12(19)9-14(10(17)3-4-11(14)18)13(20)22-8-2-6-16/h15-16H,1-9H2. The first-order valence-electron chi connectivity index (χ1n) is 7.10. The summed E-state index contributed by atoms with van der Waals surface area (Å²) in [5.74, 6) is -3.22. The third-order valence-electron chi connectivity index (χ3n) is 3.39. The van der Waals surface area contributed by atoms with Crippen molar-refractivity contribution < 1.29 is 38.9 Å². The fraction of sp³-hybridized carbons (Fsp3) is 0.714. The number of hydrogen-bond donors (Lipinski definition) is 2. The summed E-state index contributed by atoms with van der Waals surface area (Å²) in [6.07, 6.45) is -0.517. The number of Topliss-reactive ketones (excluding diaryl/α,β-unsaturated/α-hetero) is 2. The maximum atomic E-state index is 12.1. The lowest BCUT2D eigenvalue weighted by molar-refractivity contribution is -0.168. The first-order valence-corrected chi connectivity index (χ1v) is 7.10. The highest BCUT2D eigenvalue weighted by Crippen LogP contribution is 2.36. The molecular weight excluding hydrogens is 296 g/mol. The molecule has 0 unspecified atom stereocenters. The molecule has 0 radical (unpaired) electrons. The number of aliphatic hydroxyl groups is 2. The Morgan fingerprint density at radius 3 is 1.95 bits per heavy atom. The summed E-state index contributed by atoms with van der Waals surface area (Å²) >= 11 is 0. The maximum Gasteiger partial charge on any atom is 0.327 e. The minimum atomic E-state index is -2.12. The SMILES string of the molecule is O=C(CC1(C(=O)OCCCO)C(=O)CCC1=O)OCCCO. The van der Waals surface area contributed by atoms with Gasteiger partial charge in [-0.15, -0.1) is 0 Å². The molecular formula is C14H20O8. The van der Waals surface area contributed by atoms with Crippen molar-refractivity contribution in [3.63, 3.8) is 0 Å². The van der Waals surface area contributed by atoms with E-state index in [1.807, 2.05) is 0 Å². The monoisotopic (exact) mass is 316 g/mol. The van der Waals surface area contributed by atoms with Gasteiger partial charge in [-0.2, -0.15) is 0 Å². The predicted octanol–water partition coefficient (Wildman–Crippen LogP) is -0.854. The van der Waals surface area contributed by atoms with Crippen molar-refractivity contribution in [2.45, 2.75) is 32.1 Å². The van der Waals surface area contributed by atoms with Gasteiger partial charge in [0, 0.05) is 38.9 Å². The van der Waals surface area contributed by atoms with E-state index in [0.29, 0.717) is 0 Å². The minimum Gasteiger partial charge on any atom is -0.466 e. The Labute approximate surface area is 127 Å². The summed E-state index contributed by atoms with van der Waals surface area (Å²) in [5, 5.41) is 17.3. The van der Waals surface area contributed by atoms with Crippen LogP contribution in [0.4, 0.5) is 0 Å². The van der Waals surface area contributed by atoms with E-state index in [2.05, 4.69) is 0 Å². The van der Waals surface area contributed by atoms with E-state index < -0.39 is 35.3 Å². The lowest BCUT2D eigenvalue weighted by Crippen LogP contribution is -2.44. The number of ether oxygens (including phenoxy) is 2. The van der Waals surface area contributed by atoms with Gasteiger partial charge in [-0.1, -0.05) is 0 Å². The van der Waals surface area contributed by atoms with Crippen molar-refractivity contribution in [3.05, 3.63) is 0 Å². The first kappa shape index (κ1) is 18.2. The molecule has 1 fully saturated rings. The summed E-state index contributed by atoms with van der Waals surface area (Å²) in [6.45, 7) is -0.574. The van der Waals surface area contributed by atoms with Crippen LogP contribution in [-0.4, -0.2) is 60.1 Å². The zero-order valence-electron chi connectivity index (χ0n) is 12.2. The van der Waals surface area contributed by atoms with Gasteiger partial charge >= 0.3 is 11.9 Å². The van der Waals surface area contributed by atoms with Crippen molar-refractivity contribution in [1.29, 1.82) is 0 Å². The Balaban J connectivity index is 2.80. The van der Waals surface area contributed by atoms with Gasteiger partial charge in [0.15, 0.2) is 17.0 Å². The highest BCUT2D eigenvalue weighted by molar-refractivity contribution is 6.27. The third-order valence-corrected chi connectivity index (χ3v) is 3.39. The number of esters is 2. The van der Waals surface area contributed by atoms with Crippen LogP contribution in [0.5, 0.6) is 0 Å². The van der Waals surface area contributed by atoms with Crippen LogP contribution in [0.1, 0.15) is 32.1 Å². The molecule has 0 spiro atoms. The van der Waals surface area contributed by atoms with Crippen LogP contribution in [0.25, 0.3) is 0 Å². The van der Waals surface area contributed by atoms with Crippen LogP contribution >= 0.6 is 0 Å². The van der Waals surface area contributed by atoms with E-state index in [1.54, 1.807) is 0 Å². The van der Waals surface area contributed by atoms with Crippen molar-refractivity contribution >= 4 is 23.5 Å². The molecule has 0 heterocycles. The summed E-state index contributed by atoms with van der Waals surface area (Å²) in [5.41, 5.74) is -2.12. The molecule has 0 bridgehead atoms. The molecule has 0 amide bonds. The van der Waals surface area contributed by atoms with Crippen LogP contribution in [0.2, 0.25) is 0 Å². The number of rotatable bonds is 9. The number of hydrogen-bond acceptors (Lipinski definition) is 8. The number of ketones is 2. The molecule has 0 atom stereocenters. The summed E-state index contributed by atoms with van der Waals surface area (Å²) in [7, 11) is 0. The fourth-order valence-electron chi connectivity index (χ4n) is 2.18. The zero-order chi connectivity index (χ0) is 16.6. The van der Waals surface area contributed by atoms with E-state index >= 15 is 0 Å². The Hall–Kier alpha value is -1.80. The minimum absolute atomic E-state index is 0.0621. The predicted molar refractivity (Wildman–Crippen MR) is 71.6 cm³/mol. The van der Waals surface area contributed by atoms with Crippen LogP contribution < -0.4 is 0 Å². The molecule has 2 N–H and O–H groups in total. The van der Waals surface area contributed by atoms with Crippen LogP contribution in [-0.2, 0) is 28.7 Å². The van der Waals surface area contributed by atoms with E-state index in [4.69, 9.17) is 19.7 Å². The quantitative estimate of drug-likeness (QED) is 0.320. The van der Waals surface area contributed by atoms with Crippen molar-refractivity contribution in [1.82, 2.24) is 0 Å². The normalized spacial score (nSPS) is 16.6. The molecule has 1 aliphatic carbocycles. The van der Waals surface area contributed by atoms with E-state index in [-0.39, 0.29) is 52.1 Å². The highest BCUT2D eigenvalue weighted by atomic mass is 16.5. The van der Waals surface area contributed by atoms with Gasteiger partial charge in [0.2, 0.25) is 0 Å². The third kappa shape index (κ3) is 4.11. The van der Waals surface area contributed by atoms with Crippen molar-refractivity contribution in [2.24, 2.45) is 5.41 Å². The van der Waals surface area contributed by atoms with E-state index in [0.717, 1.165) is 0 Å². The Bertz CT molecular complexity index is 426. The van der Waals surface area contributed by atoms with Crippen LogP contribution in [0.15, 0.2) is 0 Å². The molecule has 124 valence electrons. The Kier molecular flexibility index (Phi) is 7.13. The molecule has 0 aromatic carbocycles. The molecule has 1 saturated carbocycles. The molecule has 8 heteroatoms. The average Bonchev–Trinajstić information content (AvgIpc) is 2.76. The molecule has 0 saturated heterocycles. The number of carbonyl (C=O) groups excluding carboxylic acids is 4. The van der Waals surface area contributed by atoms with Crippen LogP contribution in [0, 0.1) is 5.41 Å². The number of carbonyl (C=O) groups is 4. The molecule has 1 aliphatic rings. The second kappa shape index (κ2) is 8.60. The highest BCUT2D eigenvalue weighted by Gasteiger charge is 2.58. The van der Waals surface area contributed by atoms with E-state index in [1.165, 1.54) is 0 Å². The van der Waals surface area contributed by atoms with Crippen molar-refractivity contribution in [3.8, 4) is 0 Å². The van der Waals surface area contributed by atoms with Gasteiger partial charge < -0.3 is 19.7 Å². The van der Waals surface area contributed by atoms with E-state index in [9.17, 15) is 19.2 Å². The Morgan fingerprint density at radius 2 is 1.45 bits per heavy atom. The average molecular weight is 316 g/mol. The van der Waals surface area contributed by atoms with Crippen molar-refractivity contribution in [2.75, 3.05) is 26.4 Å². The fourth-order valence-corrected chi connectivity index (χ4v) is 2.18. The molecule has 22 heavy (non-hydrogen) atoms. The largest absolute Gasteiger partial charge is 0.466 e. The van der Waals surface area contributed by atoms with Crippen LogP contribution in [0.3, 0.4) is 0 Å². The summed E-state index contributed by atoms with van der Waals surface area (Å²) < 4.78 is 9.64. The maximum absolute atomic E-state index is 12.1. The Morgan fingerprint density at radius 1 is 0.955 bits per heavy atom. The number of aliphatic hydroxyl groups excluding tert-OH is 2. The molecule has 8 nitrogen and oxygen atoms in total. The second-order valence-electron chi connectivity index (χ2n) is 4.94. The van der Waals surface area contributed by atoms with Gasteiger partial charge in [-0.05, 0) is 0 Å². The molecule has 0 aromatic rings. The second-order valence-corrected chi connectivity index (χ2v) is 4.94. The molecule has 1 rings (SSSR count). The topological polar surface area (TPSA) is 127 Å². The molecule has 0 aliphatic heterocycles. The smallest absolute Gasteiger partial charge is 0.327 e. The lowest BCUT2D eigenvalue weighted by Gasteiger charge is -2.22.